The number of carbonyl (C=O) groups excluding carboxylic acids is 2. The van der Waals surface area contributed by atoms with Crippen LogP contribution < -0.4 is 5.32 Å². The van der Waals surface area contributed by atoms with Crippen molar-refractivity contribution >= 4 is 11.7 Å². The zero-order valence-corrected chi connectivity index (χ0v) is 18.8. The van der Waals surface area contributed by atoms with Crippen molar-refractivity contribution < 1.29 is 9.59 Å². The van der Waals surface area contributed by atoms with E-state index in [1.54, 1.807) is 0 Å². The Bertz CT molecular complexity index is 365. The lowest BCUT2D eigenvalue weighted by atomic mass is 9.99. The smallest absolute Gasteiger partial charge is 0.287 e. The van der Waals surface area contributed by atoms with Crippen molar-refractivity contribution in [3.05, 3.63) is 0 Å². The predicted octanol–water partition coefficient (Wildman–Crippen LogP) is 6.98. The first-order chi connectivity index (χ1) is 13.0. The highest BCUT2D eigenvalue weighted by molar-refractivity contribution is 6.36. The molecule has 0 saturated carbocycles. The van der Waals surface area contributed by atoms with Gasteiger partial charge in [0.25, 0.3) is 5.91 Å². The fourth-order valence-corrected chi connectivity index (χ4v) is 3.67. The molecular formula is C24H47NO2. The van der Waals surface area contributed by atoms with Gasteiger partial charge < -0.3 is 5.32 Å². The second-order valence-corrected chi connectivity index (χ2v) is 8.65. The summed E-state index contributed by atoms with van der Waals surface area (Å²) in [4.78, 5) is 24.1. The molecule has 3 nitrogen and oxygen atoms in total. The van der Waals surface area contributed by atoms with Crippen LogP contribution >= 0.6 is 0 Å². The lowest BCUT2D eigenvalue weighted by molar-refractivity contribution is -0.138. The molecule has 1 N–H and O–H groups in total. The van der Waals surface area contributed by atoms with Crippen LogP contribution in [0.2, 0.25) is 0 Å². The minimum Gasteiger partial charge on any atom is -0.347 e. The van der Waals surface area contributed by atoms with Crippen LogP contribution in [-0.2, 0) is 9.59 Å². The second kappa shape index (κ2) is 18.5. The monoisotopic (exact) mass is 381 g/mol. The van der Waals surface area contributed by atoms with Crippen molar-refractivity contribution in [1.82, 2.24) is 5.32 Å². The van der Waals surface area contributed by atoms with E-state index >= 15 is 0 Å². The van der Waals surface area contributed by atoms with Crippen LogP contribution in [0.4, 0.5) is 0 Å². The molecule has 0 spiro atoms. The average molecular weight is 382 g/mol. The highest BCUT2D eigenvalue weighted by Gasteiger charge is 2.18. The van der Waals surface area contributed by atoms with Crippen LogP contribution in [0.15, 0.2) is 0 Å². The summed E-state index contributed by atoms with van der Waals surface area (Å²) in [7, 11) is 0. The number of amides is 1. The molecule has 0 aliphatic carbocycles. The zero-order valence-electron chi connectivity index (χ0n) is 18.8. The molecule has 1 unspecified atom stereocenters. The van der Waals surface area contributed by atoms with Crippen molar-refractivity contribution in [3.8, 4) is 0 Å². The Morgan fingerprint density at radius 2 is 1.19 bits per heavy atom. The van der Waals surface area contributed by atoms with Crippen molar-refractivity contribution in [1.29, 1.82) is 0 Å². The molecule has 0 aliphatic rings. The standard InChI is InChI=1S/C24H47NO2/c1-5-7-8-9-10-11-12-13-14-15-16-17-19-23(26)24(27)25-22(18-6-2)20-21(3)4/h21-22H,5-20H2,1-4H3,(H,25,27). The zero-order chi connectivity index (χ0) is 20.3. The van der Waals surface area contributed by atoms with E-state index in [-0.39, 0.29) is 17.7 Å². The van der Waals surface area contributed by atoms with Crippen LogP contribution in [0.25, 0.3) is 0 Å². The number of hydrogen-bond acceptors (Lipinski definition) is 2. The summed E-state index contributed by atoms with van der Waals surface area (Å²) >= 11 is 0. The van der Waals surface area contributed by atoms with Gasteiger partial charge >= 0.3 is 0 Å². The molecule has 0 aromatic carbocycles. The number of Topliss-reactive ketones (excluding diaryl/α,β-unsaturated/α-hetero) is 1. The summed E-state index contributed by atoms with van der Waals surface area (Å²) in [5, 5.41) is 2.95. The molecule has 3 heteroatoms. The van der Waals surface area contributed by atoms with Crippen LogP contribution in [0, 0.1) is 5.92 Å². The fraction of sp³-hybridized carbons (Fsp3) is 0.917. The third kappa shape index (κ3) is 17.0. The lowest BCUT2D eigenvalue weighted by Crippen LogP contribution is -2.39. The van der Waals surface area contributed by atoms with Crippen molar-refractivity contribution in [3.63, 3.8) is 0 Å². The second-order valence-electron chi connectivity index (χ2n) is 8.65. The highest BCUT2D eigenvalue weighted by Crippen LogP contribution is 2.13. The quantitative estimate of drug-likeness (QED) is 0.194. The Hall–Kier alpha value is -0.860. The molecule has 0 radical (unpaired) electrons. The largest absolute Gasteiger partial charge is 0.347 e. The molecule has 0 bridgehead atoms. The molecule has 1 atom stereocenters. The summed E-state index contributed by atoms with van der Waals surface area (Å²) in [6.45, 7) is 8.69. The van der Waals surface area contributed by atoms with Crippen molar-refractivity contribution in [2.45, 2.75) is 136 Å². The number of hydrogen-bond donors (Lipinski definition) is 1. The molecular weight excluding hydrogens is 334 g/mol. The first-order valence-corrected chi connectivity index (χ1v) is 11.8. The van der Waals surface area contributed by atoms with Gasteiger partial charge in [-0.3, -0.25) is 9.59 Å². The third-order valence-corrected chi connectivity index (χ3v) is 5.24. The number of carbonyl (C=O) groups is 2. The number of rotatable bonds is 19. The molecule has 0 fully saturated rings. The first-order valence-electron chi connectivity index (χ1n) is 11.8. The average Bonchev–Trinajstić information content (AvgIpc) is 2.62. The Balaban J connectivity index is 3.62. The van der Waals surface area contributed by atoms with Crippen LogP contribution in [0.5, 0.6) is 0 Å². The molecule has 1 amide bonds. The summed E-state index contributed by atoms with van der Waals surface area (Å²) < 4.78 is 0. The molecule has 0 rings (SSSR count). The third-order valence-electron chi connectivity index (χ3n) is 5.24. The molecule has 0 aliphatic heterocycles. The van der Waals surface area contributed by atoms with Crippen LogP contribution in [0.1, 0.15) is 130 Å². The Morgan fingerprint density at radius 3 is 1.63 bits per heavy atom. The first kappa shape index (κ1) is 26.1. The topological polar surface area (TPSA) is 46.2 Å². The van der Waals surface area contributed by atoms with E-state index in [2.05, 4.69) is 33.0 Å². The summed E-state index contributed by atoms with van der Waals surface area (Å²) in [5.74, 6) is -0.0580. The maximum atomic E-state index is 12.1. The Labute approximate surface area is 169 Å². The number of nitrogens with one attached hydrogen (secondary N) is 1. The van der Waals surface area contributed by atoms with Gasteiger partial charge in [-0.1, -0.05) is 105 Å². The van der Waals surface area contributed by atoms with E-state index in [0.717, 1.165) is 32.1 Å². The van der Waals surface area contributed by atoms with Crippen LogP contribution in [-0.4, -0.2) is 17.7 Å². The maximum Gasteiger partial charge on any atom is 0.287 e. The van der Waals surface area contributed by atoms with Gasteiger partial charge in [-0.2, -0.15) is 0 Å². The molecule has 0 saturated heterocycles. The van der Waals surface area contributed by atoms with Gasteiger partial charge in [0.2, 0.25) is 5.78 Å². The fourth-order valence-electron chi connectivity index (χ4n) is 3.67. The van der Waals surface area contributed by atoms with Gasteiger partial charge in [0.15, 0.2) is 0 Å². The number of ketones is 1. The Kier molecular flexibility index (Phi) is 17.9. The van der Waals surface area contributed by atoms with E-state index < -0.39 is 0 Å². The van der Waals surface area contributed by atoms with Gasteiger partial charge in [0.05, 0.1) is 0 Å². The van der Waals surface area contributed by atoms with Gasteiger partial charge in [0.1, 0.15) is 0 Å². The van der Waals surface area contributed by atoms with Gasteiger partial charge in [-0.15, -0.1) is 0 Å². The molecule has 0 aromatic heterocycles. The van der Waals surface area contributed by atoms with Crippen LogP contribution in [0.3, 0.4) is 0 Å². The summed E-state index contributed by atoms with van der Waals surface area (Å²) in [6, 6.07) is 0.147. The molecule has 0 aromatic rings. The van der Waals surface area contributed by atoms with Gasteiger partial charge in [-0.05, 0) is 25.2 Å². The SMILES string of the molecule is CCCCCCCCCCCCCCC(=O)C(=O)NC(CCC)CC(C)C. The van der Waals surface area contributed by atoms with Gasteiger partial charge in [-0.25, -0.2) is 0 Å². The molecule has 160 valence electrons. The van der Waals surface area contributed by atoms with Gasteiger partial charge in [0, 0.05) is 12.5 Å². The number of unbranched alkanes of at least 4 members (excludes halogenated alkanes) is 11. The predicted molar refractivity (Wildman–Crippen MR) is 117 cm³/mol. The summed E-state index contributed by atoms with van der Waals surface area (Å²) in [6.07, 6.45) is 18.6. The van der Waals surface area contributed by atoms with E-state index in [1.165, 1.54) is 64.2 Å². The Morgan fingerprint density at radius 1 is 0.704 bits per heavy atom. The van der Waals surface area contributed by atoms with E-state index in [1.807, 2.05) is 0 Å². The van der Waals surface area contributed by atoms with E-state index in [9.17, 15) is 9.59 Å². The van der Waals surface area contributed by atoms with E-state index in [4.69, 9.17) is 0 Å². The highest BCUT2D eigenvalue weighted by atomic mass is 16.2. The van der Waals surface area contributed by atoms with Crippen molar-refractivity contribution in [2.24, 2.45) is 5.92 Å². The minimum atomic E-state index is -0.364. The molecule has 0 heterocycles. The maximum absolute atomic E-state index is 12.1. The summed E-state index contributed by atoms with van der Waals surface area (Å²) in [5.41, 5.74) is 0. The van der Waals surface area contributed by atoms with Crippen molar-refractivity contribution in [2.75, 3.05) is 0 Å². The minimum absolute atomic E-state index is 0.147. The lowest BCUT2D eigenvalue weighted by Gasteiger charge is -2.19. The normalized spacial score (nSPS) is 12.3. The molecule has 27 heavy (non-hydrogen) atoms. The van der Waals surface area contributed by atoms with E-state index in [0.29, 0.717) is 12.3 Å².